The summed E-state index contributed by atoms with van der Waals surface area (Å²) in [5, 5.41) is 13.4. The normalized spacial score (nSPS) is 13.5. The molecule has 0 aliphatic heterocycles. The summed E-state index contributed by atoms with van der Waals surface area (Å²) < 4.78 is 27.5. The fourth-order valence-corrected chi connectivity index (χ4v) is 4.12. The average molecular weight is 427 g/mol. The smallest absolute Gasteiger partial charge is 0.323 e. The first kappa shape index (κ1) is 21.4. The van der Waals surface area contributed by atoms with Gasteiger partial charge in [0.1, 0.15) is 12.1 Å². The summed E-state index contributed by atoms with van der Waals surface area (Å²) in [6.07, 6.45) is 0. The van der Waals surface area contributed by atoms with E-state index >= 15 is 0 Å². The number of amides is 1. The molecule has 3 aromatic carbocycles. The van der Waals surface area contributed by atoms with Crippen molar-refractivity contribution in [2.75, 3.05) is 6.54 Å². The first-order chi connectivity index (χ1) is 14.3. The Labute approximate surface area is 173 Å². The molecule has 0 heterocycles. The Hall–Kier alpha value is -3.27. The van der Waals surface area contributed by atoms with Crippen molar-refractivity contribution >= 4 is 32.7 Å². The van der Waals surface area contributed by atoms with Crippen molar-refractivity contribution < 1.29 is 23.1 Å². The van der Waals surface area contributed by atoms with Crippen LogP contribution in [0.3, 0.4) is 0 Å². The highest BCUT2D eigenvalue weighted by Crippen LogP contribution is 2.19. The van der Waals surface area contributed by atoms with E-state index in [1.807, 2.05) is 12.1 Å². The van der Waals surface area contributed by atoms with Crippen LogP contribution in [0.2, 0.25) is 0 Å². The van der Waals surface area contributed by atoms with E-state index in [1.54, 1.807) is 48.5 Å². The molecule has 0 aliphatic rings. The van der Waals surface area contributed by atoms with Crippen LogP contribution >= 0.6 is 0 Å². The molecule has 3 rings (SSSR count). The minimum atomic E-state index is -4.13. The zero-order valence-electron chi connectivity index (χ0n) is 15.9. The van der Waals surface area contributed by atoms with Crippen molar-refractivity contribution in [3.63, 3.8) is 0 Å². The summed E-state index contributed by atoms with van der Waals surface area (Å²) in [5.41, 5.74) is 6.43. The SMILES string of the molecule is NC(C(=O)NCC(NS(=O)(=O)c1ccc2ccccc2c1)C(=O)O)c1ccccc1. The van der Waals surface area contributed by atoms with Crippen LogP contribution in [0.4, 0.5) is 0 Å². The fourth-order valence-electron chi connectivity index (χ4n) is 2.89. The van der Waals surface area contributed by atoms with E-state index in [1.165, 1.54) is 12.1 Å². The van der Waals surface area contributed by atoms with E-state index in [0.29, 0.717) is 10.9 Å². The number of rotatable bonds is 8. The molecule has 2 atom stereocenters. The van der Waals surface area contributed by atoms with Gasteiger partial charge >= 0.3 is 5.97 Å². The van der Waals surface area contributed by atoms with Crippen molar-refractivity contribution in [2.45, 2.75) is 17.0 Å². The molecule has 9 heteroatoms. The number of hydrogen-bond donors (Lipinski definition) is 4. The van der Waals surface area contributed by atoms with E-state index in [9.17, 15) is 23.1 Å². The maximum absolute atomic E-state index is 12.7. The van der Waals surface area contributed by atoms with Crippen LogP contribution in [-0.2, 0) is 19.6 Å². The Morgan fingerprint density at radius 3 is 2.23 bits per heavy atom. The van der Waals surface area contributed by atoms with Gasteiger partial charge in [-0.2, -0.15) is 4.72 Å². The predicted molar refractivity (Wildman–Crippen MR) is 112 cm³/mol. The topological polar surface area (TPSA) is 139 Å². The Kier molecular flexibility index (Phi) is 6.46. The lowest BCUT2D eigenvalue weighted by Gasteiger charge is -2.18. The standard InChI is InChI=1S/C21H21N3O5S/c22-19(15-7-2-1-3-8-15)20(25)23-13-18(21(26)27)24-30(28,29)17-11-10-14-6-4-5-9-16(14)12-17/h1-12,18-19,24H,13,22H2,(H,23,25)(H,26,27). The van der Waals surface area contributed by atoms with Gasteiger partial charge in [0.2, 0.25) is 15.9 Å². The Morgan fingerprint density at radius 2 is 1.57 bits per heavy atom. The number of carboxylic acid groups (broad SMARTS) is 1. The van der Waals surface area contributed by atoms with E-state index in [4.69, 9.17) is 5.73 Å². The van der Waals surface area contributed by atoms with E-state index in [-0.39, 0.29) is 4.90 Å². The van der Waals surface area contributed by atoms with Gasteiger partial charge in [-0.05, 0) is 28.5 Å². The summed E-state index contributed by atoms with van der Waals surface area (Å²) in [7, 11) is -4.13. The van der Waals surface area contributed by atoms with Crippen molar-refractivity contribution in [1.29, 1.82) is 0 Å². The number of benzene rings is 3. The molecular weight excluding hydrogens is 406 g/mol. The van der Waals surface area contributed by atoms with E-state index < -0.39 is 40.5 Å². The van der Waals surface area contributed by atoms with Crippen LogP contribution in [0.1, 0.15) is 11.6 Å². The van der Waals surface area contributed by atoms with Crippen molar-refractivity contribution in [1.82, 2.24) is 10.0 Å². The number of carbonyl (C=O) groups excluding carboxylic acids is 1. The molecule has 3 aromatic rings. The Balaban J connectivity index is 1.71. The molecule has 5 N–H and O–H groups in total. The van der Waals surface area contributed by atoms with Gasteiger partial charge in [-0.1, -0.05) is 60.7 Å². The highest BCUT2D eigenvalue weighted by molar-refractivity contribution is 7.89. The van der Waals surface area contributed by atoms with Gasteiger partial charge in [-0.25, -0.2) is 8.42 Å². The number of sulfonamides is 1. The lowest BCUT2D eigenvalue weighted by molar-refractivity contribution is -0.138. The van der Waals surface area contributed by atoms with Gasteiger partial charge < -0.3 is 16.2 Å². The third-order valence-corrected chi connectivity index (χ3v) is 6.02. The highest BCUT2D eigenvalue weighted by Gasteiger charge is 2.27. The summed E-state index contributed by atoms with van der Waals surface area (Å²) >= 11 is 0. The molecular formula is C21H21N3O5S. The van der Waals surface area contributed by atoms with Crippen molar-refractivity contribution in [3.05, 3.63) is 78.4 Å². The quantitative estimate of drug-likeness (QED) is 0.428. The molecule has 0 saturated heterocycles. The van der Waals surface area contributed by atoms with Crippen LogP contribution < -0.4 is 15.8 Å². The average Bonchev–Trinajstić information content (AvgIpc) is 2.75. The fraction of sp³-hybridized carbons (Fsp3) is 0.143. The second kappa shape index (κ2) is 9.04. The third-order valence-electron chi connectivity index (χ3n) is 4.55. The van der Waals surface area contributed by atoms with Gasteiger partial charge in [0, 0.05) is 6.54 Å². The lowest BCUT2D eigenvalue weighted by Crippen LogP contribution is -2.49. The maximum atomic E-state index is 12.7. The maximum Gasteiger partial charge on any atom is 0.323 e. The molecule has 8 nitrogen and oxygen atoms in total. The molecule has 0 fully saturated rings. The molecule has 30 heavy (non-hydrogen) atoms. The van der Waals surface area contributed by atoms with Crippen LogP contribution in [0, 0.1) is 0 Å². The number of hydrogen-bond acceptors (Lipinski definition) is 5. The Morgan fingerprint density at radius 1 is 0.933 bits per heavy atom. The summed E-state index contributed by atoms with van der Waals surface area (Å²) in [4.78, 5) is 23.7. The molecule has 156 valence electrons. The van der Waals surface area contributed by atoms with Gasteiger partial charge in [-0.3, -0.25) is 9.59 Å². The minimum Gasteiger partial charge on any atom is -0.480 e. The first-order valence-corrected chi connectivity index (χ1v) is 10.6. The van der Waals surface area contributed by atoms with Crippen LogP contribution in [0.25, 0.3) is 10.8 Å². The number of carboxylic acids is 1. The molecule has 0 aromatic heterocycles. The predicted octanol–water partition coefficient (Wildman–Crippen LogP) is 1.39. The lowest BCUT2D eigenvalue weighted by atomic mass is 10.1. The van der Waals surface area contributed by atoms with Crippen LogP contribution in [0.5, 0.6) is 0 Å². The number of nitrogens with one attached hydrogen (secondary N) is 2. The molecule has 1 amide bonds. The zero-order chi connectivity index (χ0) is 21.7. The zero-order valence-corrected chi connectivity index (χ0v) is 16.7. The number of aliphatic carboxylic acids is 1. The first-order valence-electron chi connectivity index (χ1n) is 9.10. The van der Waals surface area contributed by atoms with Crippen molar-refractivity contribution in [2.24, 2.45) is 5.73 Å². The van der Waals surface area contributed by atoms with Gasteiger partial charge in [0.25, 0.3) is 0 Å². The van der Waals surface area contributed by atoms with Crippen molar-refractivity contribution in [3.8, 4) is 0 Å². The minimum absolute atomic E-state index is 0.0697. The summed E-state index contributed by atoms with van der Waals surface area (Å²) in [6, 6.07) is 17.7. The van der Waals surface area contributed by atoms with Crippen LogP contribution in [0.15, 0.2) is 77.7 Å². The van der Waals surface area contributed by atoms with Gasteiger partial charge in [0.05, 0.1) is 4.90 Å². The molecule has 0 saturated carbocycles. The summed E-state index contributed by atoms with van der Waals surface area (Å²) in [5.74, 6) is -2.04. The molecule has 2 unspecified atom stereocenters. The van der Waals surface area contributed by atoms with E-state index in [2.05, 4.69) is 10.0 Å². The third kappa shape index (κ3) is 5.01. The Bertz CT molecular complexity index is 1170. The monoisotopic (exact) mass is 427 g/mol. The number of nitrogens with two attached hydrogens (primary N) is 1. The molecule has 0 aliphatic carbocycles. The number of fused-ring (bicyclic) bond motifs is 1. The highest BCUT2D eigenvalue weighted by atomic mass is 32.2. The largest absolute Gasteiger partial charge is 0.480 e. The molecule has 0 spiro atoms. The van der Waals surface area contributed by atoms with Gasteiger partial charge in [-0.15, -0.1) is 0 Å². The van der Waals surface area contributed by atoms with Crippen LogP contribution in [-0.4, -0.2) is 38.0 Å². The molecule has 0 bridgehead atoms. The van der Waals surface area contributed by atoms with Gasteiger partial charge in [0.15, 0.2) is 0 Å². The number of carbonyl (C=O) groups is 2. The van der Waals surface area contributed by atoms with E-state index in [0.717, 1.165) is 5.39 Å². The second-order valence-electron chi connectivity index (χ2n) is 6.65. The summed E-state index contributed by atoms with van der Waals surface area (Å²) in [6.45, 7) is -0.457. The second-order valence-corrected chi connectivity index (χ2v) is 8.37. The molecule has 0 radical (unpaired) electrons.